The summed E-state index contributed by atoms with van der Waals surface area (Å²) in [6.07, 6.45) is 3.23. The van der Waals surface area contributed by atoms with Crippen molar-refractivity contribution < 1.29 is 9.53 Å². The molecule has 0 N–H and O–H groups in total. The molecule has 16 heavy (non-hydrogen) atoms. The lowest BCUT2D eigenvalue weighted by Gasteiger charge is -2.33. The first-order valence-electron chi connectivity index (χ1n) is 5.65. The molecule has 0 amide bonds. The van der Waals surface area contributed by atoms with Crippen LogP contribution >= 0.6 is 11.3 Å². The third-order valence-corrected chi connectivity index (χ3v) is 3.89. The van der Waals surface area contributed by atoms with E-state index in [4.69, 9.17) is 4.74 Å². The van der Waals surface area contributed by atoms with Crippen molar-refractivity contribution in [2.75, 3.05) is 13.7 Å². The van der Waals surface area contributed by atoms with E-state index in [1.807, 2.05) is 0 Å². The van der Waals surface area contributed by atoms with Gasteiger partial charge in [0.1, 0.15) is 6.04 Å². The van der Waals surface area contributed by atoms with Crippen molar-refractivity contribution in [2.24, 2.45) is 0 Å². The Labute approximate surface area is 100 Å². The summed E-state index contributed by atoms with van der Waals surface area (Å²) in [6, 6.07) is 4.13. The van der Waals surface area contributed by atoms with E-state index >= 15 is 0 Å². The van der Waals surface area contributed by atoms with Crippen molar-refractivity contribution in [1.29, 1.82) is 0 Å². The summed E-state index contributed by atoms with van der Waals surface area (Å²) in [4.78, 5) is 15.2. The van der Waals surface area contributed by atoms with Gasteiger partial charge in [0.2, 0.25) is 0 Å². The minimum absolute atomic E-state index is 0.0409. The molecule has 1 saturated heterocycles. The molecule has 3 nitrogen and oxygen atoms in total. The number of ether oxygens (including phenoxy) is 1. The third-order valence-electron chi connectivity index (χ3n) is 3.03. The van der Waals surface area contributed by atoms with Crippen molar-refractivity contribution in [1.82, 2.24) is 4.90 Å². The van der Waals surface area contributed by atoms with E-state index in [1.54, 1.807) is 11.3 Å². The van der Waals surface area contributed by atoms with Gasteiger partial charge >= 0.3 is 5.97 Å². The van der Waals surface area contributed by atoms with Crippen LogP contribution < -0.4 is 0 Å². The molecule has 0 bridgehead atoms. The highest BCUT2D eigenvalue weighted by Crippen LogP contribution is 2.22. The monoisotopic (exact) mass is 239 g/mol. The summed E-state index contributed by atoms with van der Waals surface area (Å²) in [5, 5.41) is 2.08. The number of likely N-dealkylation sites (tertiary alicyclic amines) is 1. The van der Waals surface area contributed by atoms with E-state index in [9.17, 15) is 4.79 Å². The predicted octanol–water partition coefficient (Wildman–Crippen LogP) is 2.28. The van der Waals surface area contributed by atoms with Crippen LogP contribution in [0.3, 0.4) is 0 Å². The van der Waals surface area contributed by atoms with Gasteiger partial charge in [-0.15, -0.1) is 11.3 Å². The first-order chi connectivity index (χ1) is 7.81. The zero-order valence-electron chi connectivity index (χ0n) is 9.52. The second kappa shape index (κ2) is 5.46. The molecule has 1 unspecified atom stereocenters. The summed E-state index contributed by atoms with van der Waals surface area (Å²) in [5.41, 5.74) is 0. The summed E-state index contributed by atoms with van der Waals surface area (Å²) in [6.45, 7) is 1.87. The van der Waals surface area contributed by atoms with Crippen molar-refractivity contribution in [2.45, 2.75) is 31.8 Å². The largest absolute Gasteiger partial charge is 0.468 e. The Hall–Kier alpha value is -0.870. The van der Waals surface area contributed by atoms with Crippen LogP contribution in [0, 0.1) is 0 Å². The molecule has 2 rings (SSSR count). The summed E-state index contributed by atoms with van der Waals surface area (Å²) in [5.74, 6) is -0.0868. The van der Waals surface area contributed by atoms with Crippen LogP contribution in [-0.2, 0) is 16.1 Å². The number of rotatable bonds is 3. The number of esters is 1. The van der Waals surface area contributed by atoms with E-state index in [-0.39, 0.29) is 12.0 Å². The topological polar surface area (TPSA) is 29.5 Å². The molecule has 1 aromatic heterocycles. The predicted molar refractivity (Wildman–Crippen MR) is 64.4 cm³/mol. The second-order valence-electron chi connectivity index (χ2n) is 4.08. The lowest BCUT2D eigenvalue weighted by atomic mass is 10.0. The Morgan fingerprint density at radius 2 is 2.50 bits per heavy atom. The zero-order valence-corrected chi connectivity index (χ0v) is 10.3. The first-order valence-corrected chi connectivity index (χ1v) is 6.53. The minimum Gasteiger partial charge on any atom is -0.468 e. The number of piperidine rings is 1. The van der Waals surface area contributed by atoms with Crippen LogP contribution in [0.25, 0.3) is 0 Å². The van der Waals surface area contributed by atoms with Crippen LogP contribution in [-0.4, -0.2) is 30.6 Å². The Morgan fingerprint density at radius 1 is 1.62 bits per heavy atom. The number of hydrogen-bond acceptors (Lipinski definition) is 4. The van der Waals surface area contributed by atoms with Crippen molar-refractivity contribution in [3.63, 3.8) is 0 Å². The Bertz CT molecular complexity index is 337. The maximum absolute atomic E-state index is 11.6. The molecule has 2 heterocycles. The molecular formula is C12H17NO2S. The zero-order chi connectivity index (χ0) is 11.4. The normalized spacial score (nSPS) is 21.9. The van der Waals surface area contributed by atoms with Gasteiger partial charge in [-0.05, 0) is 30.8 Å². The van der Waals surface area contributed by atoms with Crippen LogP contribution in [0.5, 0.6) is 0 Å². The standard InChI is InChI=1S/C12H17NO2S/c1-15-12(14)11-6-2-3-7-13(11)9-10-5-4-8-16-10/h4-5,8,11H,2-3,6-7,9H2,1H3. The SMILES string of the molecule is COC(=O)C1CCCCN1Cc1cccs1. The van der Waals surface area contributed by atoms with Gasteiger partial charge in [0, 0.05) is 11.4 Å². The number of carbonyl (C=O) groups excluding carboxylic acids is 1. The number of carbonyl (C=O) groups is 1. The molecule has 1 aliphatic rings. The fourth-order valence-corrected chi connectivity index (χ4v) is 2.92. The molecule has 0 saturated carbocycles. The Kier molecular flexibility index (Phi) is 3.96. The molecule has 0 aliphatic carbocycles. The summed E-state index contributed by atoms with van der Waals surface area (Å²) in [7, 11) is 1.47. The van der Waals surface area contributed by atoms with Gasteiger partial charge in [0.05, 0.1) is 7.11 Å². The fourth-order valence-electron chi connectivity index (χ4n) is 2.19. The molecule has 0 aromatic carbocycles. The lowest BCUT2D eigenvalue weighted by Crippen LogP contribution is -2.44. The minimum atomic E-state index is -0.0868. The maximum atomic E-state index is 11.6. The van der Waals surface area contributed by atoms with E-state index in [1.165, 1.54) is 18.4 Å². The average Bonchev–Trinajstić information content (AvgIpc) is 2.82. The second-order valence-corrected chi connectivity index (χ2v) is 5.12. The van der Waals surface area contributed by atoms with Crippen LogP contribution in [0.4, 0.5) is 0 Å². The third kappa shape index (κ3) is 2.62. The lowest BCUT2D eigenvalue weighted by molar-refractivity contribution is -0.148. The van der Waals surface area contributed by atoms with Gasteiger partial charge in [-0.2, -0.15) is 0 Å². The smallest absolute Gasteiger partial charge is 0.323 e. The van der Waals surface area contributed by atoms with Gasteiger partial charge < -0.3 is 4.74 Å². The van der Waals surface area contributed by atoms with Crippen LogP contribution in [0.2, 0.25) is 0 Å². The molecule has 4 heteroatoms. The molecular weight excluding hydrogens is 222 g/mol. The molecule has 1 aliphatic heterocycles. The Morgan fingerprint density at radius 3 is 3.19 bits per heavy atom. The van der Waals surface area contributed by atoms with Gasteiger partial charge in [0.15, 0.2) is 0 Å². The number of hydrogen-bond donors (Lipinski definition) is 0. The van der Waals surface area contributed by atoms with Gasteiger partial charge in [-0.3, -0.25) is 9.69 Å². The summed E-state index contributed by atoms with van der Waals surface area (Å²) < 4.78 is 4.86. The average molecular weight is 239 g/mol. The van der Waals surface area contributed by atoms with Crippen molar-refractivity contribution in [3.05, 3.63) is 22.4 Å². The van der Waals surface area contributed by atoms with Gasteiger partial charge in [-0.25, -0.2) is 0 Å². The van der Waals surface area contributed by atoms with Crippen molar-refractivity contribution in [3.8, 4) is 0 Å². The highest BCUT2D eigenvalue weighted by Gasteiger charge is 2.29. The van der Waals surface area contributed by atoms with Crippen LogP contribution in [0.15, 0.2) is 17.5 Å². The number of methoxy groups -OCH3 is 1. The van der Waals surface area contributed by atoms with Gasteiger partial charge in [-0.1, -0.05) is 12.5 Å². The van der Waals surface area contributed by atoms with Crippen LogP contribution in [0.1, 0.15) is 24.1 Å². The molecule has 0 spiro atoms. The quantitative estimate of drug-likeness (QED) is 0.758. The molecule has 0 radical (unpaired) electrons. The first kappa shape index (κ1) is 11.6. The molecule has 1 fully saturated rings. The highest BCUT2D eigenvalue weighted by atomic mass is 32.1. The van der Waals surface area contributed by atoms with E-state index < -0.39 is 0 Å². The van der Waals surface area contributed by atoms with Gasteiger partial charge in [0.25, 0.3) is 0 Å². The summed E-state index contributed by atoms with van der Waals surface area (Å²) >= 11 is 1.74. The van der Waals surface area contributed by atoms with E-state index in [0.717, 1.165) is 25.9 Å². The number of thiophene rings is 1. The maximum Gasteiger partial charge on any atom is 0.323 e. The molecule has 88 valence electrons. The fraction of sp³-hybridized carbons (Fsp3) is 0.583. The highest BCUT2D eigenvalue weighted by molar-refractivity contribution is 7.09. The van der Waals surface area contributed by atoms with E-state index in [2.05, 4.69) is 22.4 Å². The van der Waals surface area contributed by atoms with Crippen molar-refractivity contribution >= 4 is 17.3 Å². The molecule has 1 atom stereocenters. The molecule has 1 aromatic rings. The number of nitrogens with zero attached hydrogens (tertiary/aromatic N) is 1. The van der Waals surface area contributed by atoms with E-state index in [0.29, 0.717) is 0 Å². The Balaban J connectivity index is 2.02.